The third kappa shape index (κ3) is 3.33. The van der Waals surface area contributed by atoms with E-state index in [2.05, 4.69) is 6.07 Å². The number of methoxy groups -OCH3 is 1. The van der Waals surface area contributed by atoms with Gasteiger partial charge in [-0.2, -0.15) is 0 Å². The third-order valence-corrected chi connectivity index (χ3v) is 3.66. The Kier molecular flexibility index (Phi) is 4.93. The Morgan fingerprint density at radius 3 is 2.95 bits per heavy atom. The van der Waals surface area contributed by atoms with Crippen LogP contribution in [0.25, 0.3) is 0 Å². The molecule has 0 saturated heterocycles. The fourth-order valence-corrected chi connectivity index (χ4v) is 2.52. The monoisotopic (exact) mass is 262 g/mol. The van der Waals surface area contributed by atoms with Gasteiger partial charge in [0.1, 0.15) is 0 Å². The van der Waals surface area contributed by atoms with Crippen LogP contribution in [0.3, 0.4) is 0 Å². The van der Waals surface area contributed by atoms with Crippen LogP contribution in [-0.2, 0) is 16.0 Å². The lowest BCUT2D eigenvalue weighted by molar-refractivity contribution is -0.120. The average molecular weight is 262 g/mol. The second-order valence-electron chi connectivity index (χ2n) is 4.93. The molecule has 1 atom stereocenters. The number of rotatable bonds is 4. The van der Waals surface area contributed by atoms with E-state index in [1.165, 1.54) is 5.56 Å². The summed E-state index contributed by atoms with van der Waals surface area (Å²) in [5, 5.41) is 0. The Hall–Kier alpha value is -1.39. The van der Waals surface area contributed by atoms with Gasteiger partial charge in [-0.1, -0.05) is 18.2 Å². The Morgan fingerprint density at radius 2 is 2.21 bits per heavy atom. The van der Waals surface area contributed by atoms with Gasteiger partial charge in [-0.05, 0) is 30.9 Å². The summed E-state index contributed by atoms with van der Waals surface area (Å²) in [5.41, 5.74) is 7.90. The molecular formula is C15H22N2O2. The number of anilines is 1. The molecule has 0 bridgehead atoms. The molecule has 0 radical (unpaired) electrons. The Labute approximate surface area is 114 Å². The van der Waals surface area contributed by atoms with Crippen molar-refractivity contribution in [2.75, 3.05) is 25.1 Å². The van der Waals surface area contributed by atoms with E-state index in [1.807, 2.05) is 23.1 Å². The van der Waals surface area contributed by atoms with Gasteiger partial charge in [-0.15, -0.1) is 0 Å². The van der Waals surface area contributed by atoms with Crippen LogP contribution < -0.4 is 10.6 Å². The summed E-state index contributed by atoms with van der Waals surface area (Å²) in [4.78, 5) is 14.3. The molecule has 1 heterocycles. The summed E-state index contributed by atoms with van der Waals surface area (Å²) in [6.07, 6.45) is 3.38. The molecule has 0 aliphatic carbocycles. The summed E-state index contributed by atoms with van der Waals surface area (Å²) in [6, 6.07) is 8.16. The van der Waals surface area contributed by atoms with Crippen LogP contribution in [0.1, 0.15) is 24.8 Å². The van der Waals surface area contributed by atoms with Crippen LogP contribution in [0.2, 0.25) is 0 Å². The van der Waals surface area contributed by atoms with Crippen molar-refractivity contribution in [2.24, 2.45) is 5.73 Å². The minimum absolute atomic E-state index is 0.103. The summed E-state index contributed by atoms with van der Waals surface area (Å²) >= 11 is 0. The number of para-hydroxylation sites is 1. The summed E-state index contributed by atoms with van der Waals surface area (Å²) < 4.78 is 5.21. The molecule has 0 spiro atoms. The highest BCUT2D eigenvalue weighted by Crippen LogP contribution is 2.26. The fourth-order valence-electron chi connectivity index (χ4n) is 2.52. The number of hydrogen-bond acceptors (Lipinski definition) is 3. The molecule has 2 N–H and O–H groups in total. The standard InChI is InChI=1S/C15H22N2O2/c1-19-13(11-16)10-15(18)17-9-5-4-7-12-6-2-3-8-14(12)17/h2-3,6,8,13H,4-5,7,9-11,16H2,1H3. The van der Waals surface area contributed by atoms with Crippen LogP contribution in [-0.4, -0.2) is 32.2 Å². The number of nitrogens with two attached hydrogens (primary N) is 1. The van der Waals surface area contributed by atoms with Crippen molar-refractivity contribution in [1.82, 2.24) is 0 Å². The topological polar surface area (TPSA) is 55.6 Å². The number of benzene rings is 1. The molecule has 19 heavy (non-hydrogen) atoms. The van der Waals surface area contributed by atoms with Crippen LogP contribution in [0.15, 0.2) is 24.3 Å². The van der Waals surface area contributed by atoms with E-state index in [-0.39, 0.29) is 12.0 Å². The van der Waals surface area contributed by atoms with Gasteiger partial charge in [0.25, 0.3) is 0 Å². The summed E-state index contributed by atoms with van der Waals surface area (Å²) in [5.74, 6) is 0.103. The average Bonchev–Trinajstić information content (AvgIpc) is 2.66. The van der Waals surface area contributed by atoms with Crippen molar-refractivity contribution in [3.63, 3.8) is 0 Å². The molecule has 1 amide bonds. The number of carbonyl (C=O) groups is 1. The molecule has 1 aromatic rings. The lowest BCUT2D eigenvalue weighted by Crippen LogP contribution is -2.36. The largest absolute Gasteiger partial charge is 0.380 e. The van der Waals surface area contributed by atoms with E-state index in [0.29, 0.717) is 13.0 Å². The van der Waals surface area contributed by atoms with Crippen LogP contribution >= 0.6 is 0 Å². The quantitative estimate of drug-likeness (QED) is 0.899. The molecular weight excluding hydrogens is 240 g/mol. The SMILES string of the molecule is COC(CN)CC(=O)N1CCCCc2ccccc21. The van der Waals surface area contributed by atoms with Crippen molar-refractivity contribution in [3.8, 4) is 0 Å². The Balaban J connectivity index is 2.17. The number of amides is 1. The van der Waals surface area contributed by atoms with E-state index in [1.54, 1.807) is 7.11 Å². The molecule has 104 valence electrons. The van der Waals surface area contributed by atoms with Crippen LogP contribution in [0, 0.1) is 0 Å². The minimum atomic E-state index is -0.192. The van der Waals surface area contributed by atoms with E-state index in [0.717, 1.165) is 31.5 Å². The first-order valence-corrected chi connectivity index (χ1v) is 6.87. The van der Waals surface area contributed by atoms with Gasteiger partial charge in [0.2, 0.25) is 5.91 Å². The number of nitrogens with zero attached hydrogens (tertiary/aromatic N) is 1. The second-order valence-corrected chi connectivity index (χ2v) is 4.93. The van der Waals surface area contributed by atoms with E-state index < -0.39 is 0 Å². The van der Waals surface area contributed by atoms with Gasteiger partial charge in [0.15, 0.2) is 0 Å². The zero-order valence-corrected chi connectivity index (χ0v) is 11.5. The number of hydrogen-bond donors (Lipinski definition) is 1. The number of carbonyl (C=O) groups excluding carboxylic acids is 1. The Bertz CT molecular complexity index is 430. The maximum atomic E-state index is 12.4. The molecule has 1 aromatic carbocycles. The number of ether oxygens (including phenoxy) is 1. The minimum Gasteiger partial charge on any atom is -0.380 e. The van der Waals surface area contributed by atoms with E-state index in [9.17, 15) is 4.79 Å². The predicted octanol–water partition coefficient (Wildman–Crippen LogP) is 1.72. The number of aryl methyl sites for hydroxylation is 1. The van der Waals surface area contributed by atoms with Crippen molar-refractivity contribution >= 4 is 11.6 Å². The highest BCUT2D eigenvalue weighted by Gasteiger charge is 2.22. The van der Waals surface area contributed by atoms with Crippen molar-refractivity contribution < 1.29 is 9.53 Å². The summed E-state index contributed by atoms with van der Waals surface area (Å²) in [6.45, 7) is 1.16. The van der Waals surface area contributed by atoms with E-state index >= 15 is 0 Å². The molecule has 4 heteroatoms. The third-order valence-electron chi connectivity index (χ3n) is 3.66. The molecule has 1 aliphatic rings. The van der Waals surface area contributed by atoms with Crippen molar-refractivity contribution in [2.45, 2.75) is 31.8 Å². The second kappa shape index (κ2) is 6.68. The van der Waals surface area contributed by atoms with Gasteiger partial charge in [0.05, 0.1) is 12.5 Å². The maximum absolute atomic E-state index is 12.4. The first-order chi connectivity index (χ1) is 9.26. The fraction of sp³-hybridized carbons (Fsp3) is 0.533. The molecule has 1 aliphatic heterocycles. The first-order valence-electron chi connectivity index (χ1n) is 6.87. The smallest absolute Gasteiger partial charge is 0.229 e. The van der Waals surface area contributed by atoms with Crippen LogP contribution in [0.4, 0.5) is 5.69 Å². The normalized spacial score (nSPS) is 16.6. The Morgan fingerprint density at radius 1 is 1.42 bits per heavy atom. The molecule has 1 unspecified atom stereocenters. The summed E-state index contributed by atoms with van der Waals surface area (Å²) in [7, 11) is 1.60. The van der Waals surface area contributed by atoms with Gasteiger partial charge in [-0.25, -0.2) is 0 Å². The first kappa shape index (κ1) is 14.0. The van der Waals surface area contributed by atoms with Gasteiger partial charge < -0.3 is 15.4 Å². The molecule has 0 saturated carbocycles. The highest BCUT2D eigenvalue weighted by atomic mass is 16.5. The predicted molar refractivity (Wildman–Crippen MR) is 76.2 cm³/mol. The molecule has 0 aromatic heterocycles. The highest BCUT2D eigenvalue weighted by molar-refractivity contribution is 5.94. The van der Waals surface area contributed by atoms with E-state index in [4.69, 9.17) is 10.5 Å². The van der Waals surface area contributed by atoms with Gasteiger partial charge in [-0.3, -0.25) is 4.79 Å². The zero-order valence-electron chi connectivity index (χ0n) is 11.5. The number of fused-ring (bicyclic) bond motifs is 1. The zero-order chi connectivity index (χ0) is 13.7. The maximum Gasteiger partial charge on any atom is 0.229 e. The van der Waals surface area contributed by atoms with Gasteiger partial charge in [0, 0.05) is 25.9 Å². The van der Waals surface area contributed by atoms with Crippen LogP contribution in [0.5, 0.6) is 0 Å². The van der Waals surface area contributed by atoms with Crippen molar-refractivity contribution in [3.05, 3.63) is 29.8 Å². The molecule has 0 fully saturated rings. The lowest BCUT2D eigenvalue weighted by Gasteiger charge is -2.24. The van der Waals surface area contributed by atoms with Gasteiger partial charge >= 0.3 is 0 Å². The lowest BCUT2D eigenvalue weighted by atomic mass is 10.1. The van der Waals surface area contributed by atoms with Crippen molar-refractivity contribution in [1.29, 1.82) is 0 Å². The molecule has 4 nitrogen and oxygen atoms in total. The molecule has 2 rings (SSSR count).